The van der Waals surface area contributed by atoms with Crippen molar-refractivity contribution in [2.75, 3.05) is 7.11 Å². The van der Waals surface area contributed by atoms with Crippen molar-refractivity contribution in [1.82, 2.24) is 4.98 Å². The second-order valence-electron chi connectivity index (χ2n) is 6.13. The van der Waals surface area contributed by atoms with Crippen LogP contribution in [0.3, 0.4) is 0 Å². The second kappa shape index (κ2) is 6.96. The fraction of sp³-hybridized carbons (Fsp3) is 0.0909. The van der Waals surface area contributed by atoms with Crippen molar-refractivity contribution < 1.29 is 19.4 Å². The molecule has 4 rings (SSSR count). The van der Waals surface area contributed by atoms with E-state index in [4.69, 9.17) is 9.47 Å². The van der Waals surface area contributed by atoms with Crippen molar-refractivity contribution in [1.29, 1.82) is 0 Å². The molecule has 3 aromatic carbocycles. The lowest BCUT2D eigenvalue weighted by Gasteiger charge is -2.11. The van der Waals surface area contributed by atoms with Crippen LogP contribution in [0.25, 0.3) is 21.8 Å². The van der Waals surface area contributed by atoms with Crippen molar-refractivity contribution in [3.63, 3.8) is 0 Å². The molecule has 27 heavy (non-hydrogen) atoms. The number of fused-ring (bicyclic) bond motifs is 2. The molecule has 0 unspecified atom stereocenters. The van der Waals surface area contributed by atoms with Gasteiger partial charge in [0.1, 0.15) is 18.1 Å². The summed E-state index contributed by atoms with van der Waals surface area (Å²) in [5, 5.41) is 10.9. The molecular formula is C22H17NO4. The minimum atomic E-state index is -1.01. The number of aromatic carboxylic acids is 1. The highest BCUT2D eigenvalue weighted by Gasteiger charge is 2.16. The molecule has 0 aliphatic heterocycles. The number of carboxylic acid groups (broad SMARTS) is 1. The van der Waals surface area contributed by atoms with Gasteiger partial charge in [-0.2, -0.15) is 0 Å². The lowest BCUT2D eigenvalue weighted by atomic mass is 10.0. The Morgan fingerprint density at radius 3 is 2.19 bits per heavy atom. The average Bonchev–Trinajstić information content (AvgIpc) is 2.70. The van der Waals surface area contributed by atoms with Gasteiger partial charge in [-0.25, -0.2) is 9.78 Å². The number of nitrogens with zero attached hydrogens (tertiary/aromatic N) is 1. The van der Waals surface area contributed by atoms with Gasteiger partial charge in [0, 0.05) is 10.8 Å². The van der Waals surface area contributed by atoms with Crippen LogP contribution < -0.4 is 9.47 Å². The number of methoxy groups -OCH3 is 1. The Bertz CT molecular complexity index is 1140. The van der Waals surface area contributed by atoms with E-state index in [1.807, 2.05) is 30.3 Å². The normalized spacial score (nSPS) is 10.9. The number of rotatable bonds is 5. The number of carboxylic acids is 1. The molecule has 1 N–H and O–H groups in total. The Morgan fingerprint density at radius 2 is 1.56 bits per heavy atom. The summed E-state index contributed by atoms with van der Waals surface area (Å²) < 4.78 is 11.1. The van der Waals surface area contributed by atoms with Crippen LogP contribution in [0, 0.1) is 0 Å². The smallest absolute Gasteiger partial charge is 0.337 e. The van der Waals surface area contributed by atoms with Gasteiger partial charge in [-0.1, -0.05) is 30.3 Å². The predicted octanol–water partition coefficient (Wildman–Crippen LogP) is 4.67. The lowest BCUT2D eigenvalue weighted by molar-refractivity contribution is 0.0701. The van der Waals surface area contributed by atoms with Crippen molar-refractivity contribution in [3.05, 3.63) is 77.9 Å². The van der Waals surface area contributed by atoms with Crippen LogP contribution in [0.4, 0.5) is 0 Å². The molecule has 0 aliphatic carbocycles. The van der Waals surface area contributed by atoms with Gasteiger partial charge in [0.15, 0.2) is 0 Å². The van der Waals surface area contributed by atoms with E-state index in [0.717, 1.165) is 5.56 Å². The minimum Gasteiger partial charge on any atom is -0.497 e. The maximum atomic E-state index is 12.0. The van der Waals surface area contributed by atoms with Crippen molar-refractivity contribution >= 4 is 27.8 Å². The van der Waals surface area contributed by atoms with E-state index in [2.05, 4.69) is 4.98 Å². The van der Waals surface area contributed by atoms with Gasteiger partial charge in [-0.15, -0.1) is 0 Å². The lowest BCUT2D eigenvalue weighted by Crippen LogP contribution is -2.02. The molecule has 0 radical (unpaired) electrons. The Morgan fingerprint density at radius 1 is 0.926 bits per heavy atom. The molecular weight excluding hydrogens is 342 g/mol. The van der Waals surface area contributed by atoms with Crippen molar-refractivity contribution in [3.8, 4) is 11.5 Å². The van der Waals surface area contributed by atoms with E-state index in [1.54, 1.807) is 43.5 Å². The molecule has 5 nitrogen and oxygen atoms in total. The van der Waals surface area contributed by atoms with Crippen LogP contribution in [-0.2, 0) is 6.61 Å². The highest BCUT2D eigenvalue weighted by molar-refractivity contribution is 6.14. The first-order valence-electron chi connectivity index (χ1n) is 8.47. The molecule has 0 amide bonds. The summed E-state index contributed by atoms with van der Waals surface area (Å²) in [4.78, 5) is 16.6. The van der Waals surface area contributed by atoms with Crippen LogP contribution in [0.15, 0.2) is 66.7 Å². The van der Waals surface area contributed by atoms with Crippen LogP contribution >= 0.6 is 0 Å². The summed E-state index contributed by atoms with van der Waals surface area (Å²) in [6.45, 7) is 0.406. The quantitative estimate of drug-likeness (QED) is 0.524. The van der Waals surface area contributed by atoms with Crippen LogP contribution in [0.5, 0.6) is 11.5 Å². The fourth-order valence-electron chi connectivity index (χ4n) is 3.09. The van der Waals surface area contributed by atoms with E-state index in [9.17, 15) is 9.90 Å². The first kappa shape index (κ1) is 16.8. The Hall–Kier alpha value is -3.60. The zero-order valence-electron chi connectivity index (χ0n) is 14.7. The largest absolute Gasteiger partial charge is 0.497 e. The molecule has 0 fully saturated rings. The van der Waals surface area contributed by atoms with Gasteiger partial charge < -0.3 is 14.6 Å². The Balaban J connectivity index is 1.82. The molecule has 4 aromatic rings. The summed E-state index contributed by atoms with van der Waals surface area (Å²) in [7, 11) is 1.55. The molecule has 0 spiro atoms. The van der Waals surface area contributed by atoms with Gasteiger partial charge in [0.25, 0.3) is 0 Å². The van der Waals surface area contributed by atoms with Crippen molar-refractivity contribution in [2.45, 2.75) is 6.61 Å². The zero-order chi connectivity index (χ0) is 18.8. The van der Waals surface area contributed by atoms with Crippen molar-refractivity contribution in [2.24, 2.45) is 0 Å². The molecule has 0 bridgehead atoms. The van der Waals surface area contributed by atoms with Crippen LogP contribution in [0.1, 0.15) is 15.9 Å². The number of hydrogen-bond donors (Lipinski definition) is 1. The molecule has 0 atom stereocenters. The monoisotopic (exact) mass is 359 g/mol. The van der Waals surface area contributed by atoms with E-state index in [0.29, 0.717) is 39.9 Å². The standard InChI is InChI=1S/C22H17NO4/c1-26-15-7-9-19-17(11-15)21(22(24)25)18-12-16(8-10-20(18)23-19)27-13-14-5-3-2-4-6-14/h2-12H,13H2,1H3,(H,24,25). The first-order valence-corrected chi connectivity index (χ1v) is 8.47. The van der Waals surface area contributed by atoms with E-state index in [-0.39, 0.29) is 5.56 Å². The number of hydrogen-bond acceptors (Lipinski definition) is 4. The van der Waals surface area contributed by atoms with Gasteiger partial charge in [0.05, 0.1) is 23.7 Å². The molecule has 1 heterocycles. The summed E-state index contributed by atoms with van der Waals surface area (Å²) in [6.07, 6.45) is 0. The Labute approximate surface area is 155 Å². The third kappa shape index (κ3) is 3.27. The summed E-state index contributed by atoms with van der Waals surface area (Å²) in [5.74, 6) is 0.168. The second-order valence-corrected chi connectivity index (χ2v) is 6.13. The molecule has 1 aromatic heterocycles. The highest BCUT2D eigenvalue weighted by Crippen LogP contribution is 2.31. The van der Waals surface area contributed by atoms with E-state index >= 15 is 0 Å². The topological polar surface area (TPSA) is 68.7 Å². The first-order chi connectivity index (χ1) is 13.2. The van der Waals surface area contributed by atoms with Gasteiger partial charge >= 0.3 is 5.97 Å². The molecule has 0 aliphatic rings. The number of benzene rings is 3. The molecule has 5 heteroatoms. The fourth-order valence-corrected chi connectivity index (χ4v) is 3.09. The number of carbonyl (C=O) groups is 1. The molecule has 134 valence electrons. The zero-order valence-corrected chi connectivity index (χ0v) is 14.7. The Kier molecular flexibility index (Phi) is 4.34. The maximum absolute atomic E-state index is 12.0. The summed E-state index contributed by atoms with van der Waals surface area (Å²) in [5.41, 5.74) is 2.45. The summed E-state index contributed by atoms with van der Waals surface area (Å²) in [6, 6.07) is 20.3. The SMILES string of the molecule is COc1ccc2nc3ccc(OCc4ccccc4)cc3c(C(=O)O)c2c1. The average molecular weight is 359 g/mol. The van der Waals surface area contributed by atoms with Crippen LogP contribution in [-0.4, -0.2) is 23.2 Å². The molecule has 0 saturated carbocycles. The van der Waals surface area contributed by atoms with Gasteiger partial charge in [-0.3, -0.25) is 0 Å². The summed E-state index contributed by atoms with van der Waals surface area (Å²) >= 11 is 0. The third-order valence-corrected chi connectivity index (χ3v) is 4.41. The molecule has 0 saturated heterocycles. The number of ether oxygens (including phenoxy) is 2. The van der Waals surface area contributed by atoms with E-state index in [1.165, 1.54) is 0 Å². The van der Waals surface area contributed by atoms with Crippen LogP contribution in [0.2, 0.25) is 0 Å². The number of pyridine rings is 1. The number of aromatic nitrogens is 1. The van der Waals surface area contributed by atoms with Gasteiger partial charge in [-0.05, 0) is 42.0 Å². The third-order valence-electron chi connectivity index (χ3n) is 4.41. The highest BCUT2D eigenvalue weighted by atomic mass is 16.5. The minimum absolute atomic E-state index is 0.194. The van der Waals surface area contributed by atoms with Gasteiger partial charge in [0.2, 0.25) is 0 Å². The maximum Gasteiger partial charge on any atom is 0.337 e. The predicted molar refractivity (Wildman–Crippen MR) is 104 cm³/mol. The van der Waals surface area contributed by atoms with E-state index < -0.39 is 5.97 Å².